The first-order valence-corrected chi connectivity index (χ1v) is 5.34. The Morgan fingerprint density at radius 3 is 2.46 bits per heavy atom. The molecule has 1 heterocycles. The molecule has 0 aromatic heterocycles. The minimum atomic E-state index is 0.277. The van der Waals surface area contributed by atoms with E-state index < -0.39 is 0 Å². The fourth-order valence-corrected chi connectivity index (χ4v) is 3.14. The predicted octanol–water partition coefficient (Wildman–Crippen LogP) is 0.528. The quantitative estimate of drug-likeness (QED) is 0.621. The molecule has 0 N–H and O–H groups in total. The van der Waals surface area contributed by atoms with Gasteiger partial charge in [0, 0.05) is 18.6 Å². The van der Waals surface area contributed by atoms with Gasteiger partial charge >= 0.3 is 0 Å². The number of carbonyl (C=O) groups is 1. The van der Waals surface area contributed by atoms with Gasteiger partial charge in [0.15, 0.2) is 0 Å². The maximum atomic E-state index is 11.7. The molecule has 4 fully saturated rings. The van der Waals surface area contributed by atoms with E-state index in [0.717, 1.165) is 19.0 Å². The Morgan fingerprint density at radius 2 is 2.00 bits per heavy atom. The summed E-state index contributed by atoms with van der Waals surface area (Å²) in [5, 5.41) is 0. The van der Waals surface area contributed by atoms with E-state index in [2.05, 4.69) is 17.7 Å². The van der Waals surface area contributed by atoms with Crippen molar-refractivity contribution in [3.8, 4) is 0 Å². The summed E-state index contributed by atoms with van der Waals surface area (Å²) in [4.78, 5) is 13.8. The van der Waals surface area contributed by atoms with E-state index in [9.17, 15) is 4.79 Å². The molecule has 0 spiro atoms. The lowest BCUT2D eigenvalue weighted by atomic mass is 9.49. The molecular weight excluding hydrogens is 184 g/mol. The van der Waals surface area contributed by atoms with Gasteiger partial charge < -0.3 is 4.90 Å². The zero-order valence-corrected chi connectivity index (χ0v) is 8.46. The van der Waals surface area contributed by atoms with Crippen molar-refractivity contribution in [1.82, 2.24) is 9.21 Å². The number of piperazine rings is 1. The molecule has 72 valence electrons. The summed E-state index contributed by atoms with van der Waals surface area (Å²) in [5.74, 6) is 1.22. The third kappa shape index (κ3) is 0.987. The Balaban J connectivity index is 1.73. The number of thiol groups is 1. The number of rotatable bonds is 1. The largest absolute Gasteiger partial charge is 0.335 e. The topological polar surface area (TPSA) is 23.6 Å². The van der Waals surface area contributed by atoms with Gasteiger partial charge in [0.05, 0.1) is 6.54 Å². The zero-order chi connectivity index (χ0) is 9.05. The smallest absolute Gasteiger partial charge is 0.238 e. The Bertz CT molecular complexity index is 251. The summed E-state index contributed by atoms with van der Waals surface area (Å²) in [6.07, 6.45) is 3.81. The SMILES string of the molecule is O=C1CN(S)CCN1C12CC(C1)C2. The van der Waals surface area contributed by atoms with Crippen LogP contribution in [0.4, 0.5) is 0 Å². The van der Waals surface area contributed by atoms with Gasteiger partial charge in [-0.2, -0.15) is 0 Å². The van der Waals surface area contributed by atoms with Crippen LogP contribution in [0.2, 0.25) is 0 Å². The Hall–Kier alpha value is -0.220. The molecule has 1 amide bonds. The second kappa shape index (κ2) is 2.42. The van der Waals surface area contributed by atoms with Crippen molar-refractivity contribution in [2.24, 2.45) is 5.92 Å². The number of hydrogen-bond acceptors (Lipinski definition) is 3. The Morgan fingerprint density at radius 1 is 1.31 bits per heavy atom. The first kappa shape index (κ1) is 8.12. The number of hydrogen-bond donors (Lipinski definition) is 1. The molecule has 0 aromatic rings. The molecule has 0 atom stereocenters. The lowest BCUT2D eigenvalue weighted by Crippen LogP contribution is -2.72. The monoisotopic (exact) mass is 198 g/mol. The summed E-state index contributed by atoms with van der Waals surface area (Å²) in [6.45, 7) is 2.30. The van der Waals surface area contributed by atoms with Crippen LogP contribution < -0.4 is 0 Å². The number of nitrogens with zero attached hydrogens (tertiary/aromatic N) is 2. The Kier molecular flexibility index (Phi) is 1.51. The summed E-state index contributed by atoms with van der Waals surface area (Å²) >= 11 is 4.20. The van der Waals surface area contributed by atoms with E-state index in [0.29, 0.717) is 12.1 Å². The first-order valence-electron chi connectivity index (χ1n) is 4.94. The van der Waals surface area contributed by atoms with Crippen molar-refractivity contribution in [3.05, 3.63) is 0 Å². The molecule has 0 unspecified atom stereocenters. The molecule has 0 aromatic carbocycles. The second-order valence-electron chi connectivity index (χ2n) is 4.64. The van der Waals surface area contributed by atoms with Crippen LogP contribution in [0, 0.1) is 5.92 Å². The normalized spacial score (nSPS) is 44.2. The maximum absolute atomic E-state index is 11.7. The van der Waals surface area contributed by atoms with Gasteiger partial charge in [0.1, 0.15) is 0 Å². The molecule has 1 saturated heterocycles. The molecule has 3 aliphatic carbocycles. The molecule has 2 bridgehead atoms. The van der Waals surface area contributed by atoms with Crippen molar-refractivity contribution < 1.29 is 4.79 Å². The summed E-state index contributed by atoms with van der Waals surface area (Å²) in [5.41, 5.74) is 0.316. The van der Waals surface area contributed by atoms with Crippen molar-refractivity contribution in [2.75, 3.05) is 19.6 Å². The van der Waals surface area contributed by atoms with Crippen molar-refractivity contribution >= 4 is 18.7 Å². The molecule has 4 aliphatic rings. The van der Waals surface area contributed by atoms with E-state index in [1.807, 2.05) is 4.31 Å². The van der Waals surface area contributed by atoms with Crippen LogP contribution >= 0.6 is 12.8 Å². The van der Waals surface area contributed by atoms with Gasteiger partial charge in [-0.1, -0.05) is 12.8 Å². The van der Waals surface area contributed by atoms with E-state index >= 15 is 0 Å². The molecule has 1 aliphatic heterocycles. The molecule has 4 heteroatoms. The highest BCUT2D eigenvalue weighted by atomic mass is 32.1. The minimum absolute atomic E-state index is 0.277. The van der Waals surface area contributed by atoms with Crippen LogP contribution in [0.5, 0.6) is 0 Å². The second-order valence-corrected chi connectivity index (χ2v) is 5.20. The Labute approximate surface area is 83.6 Å². The van der Waals surface area contributed by atoms with Crippen LogP contribution in [-0.2, 0) is 4.79 Å². The minimum Gasteiger partial charge on any atom is -0.335 e. The van der Waals surface area contributed by atoms with Gasteiger partial charge in [-0.25, -0.2) is 4.31 Å². The van der Waals surface area contributed by atoms with Crippen molar-refractivity contribution in [2.45, 2.75) is 24.8 Å². The molecule has 0 radical (unpaired) electrons. The van der Waals surface area contributed by atoms with Gasteiger partial charge in [0.25, 0.3) is 0 Å². The van der Waals surface area contributed by atoms with Crippen LogP contribution in [0.15, 0.2) is 0 Å². The lowest BCUT2D eigenvalue weighted by Gasteiger charge is -2.67. The van der Waals surface area contributed by atoms with Gasteiger partial charge in [0.2, 0.25) is 5.91 Å². The van der Waals surface area contributed by atoms with E-state index in [1.54, 1.807) is 0 Å². The molecule has 4 rings (SSSR count). The highest BCUT2D eigenvalue weighted by Gasteiger charge is 2.61. The van der Waals surface area contributed by atoms with Gasteiger partial charge in [-0.15, -0.1) is 0 Å². The van der Waals surface area contributed by atoms with Crippen LogP contribution in [0.3, 0.4) is 0 Å². The maximum Gasteiger partial charge on any atom is 0.238 e. The molecule has 3 saturated carbocycles. The summed E-state index contributed by atoms with van der Waals surface area (Å²) in [7, 11) is 0. The number of carbonyl (C=O) groups excluding carboxylic acids is 1. The standard InChI is InChI=1S/C9H14N2OS/c12-8-6-10(13)1-2-11(8)9-3-7(4-9)5-9/h7,13H,1-6H2. The predicted molar refractivity (Wildman–Crippen MR) is 52.3 cm³/mol. The summed E-state index contributed by atoms with van der Waals surface area (Å²) < 4.78 is 1.81. The zero-order valence-electron chi connectivity index (χ0n) is 7.57. The average Bonchev–Trinajstić information content (AvgIpc) is 1.88. The summed E-state index contributed by atoms with van der Waals surface area (Å²) in [6, 6.07) is 0. The van der Waals surface area contributed by atoms with E-state index in [-0.39, 0.29) is 5.91 Å². The molecule has 13 heavy (non-hydrogen) atoms. The average molecular weight is 198 g/mol. The highest BCUT2D eigenvalue weighted by Crippen LogP contribution is 2.60. The van der Waals surface area contributed by atoms with E-state index in [1.165, 1.54) is 19.3 Å². The van der Waals surface area contributed by atoms with Gasteiger partial charge in [-0.3, -0.25) is 4.79 Å². The third-order valence-electron chi connectivity index (χ3n) is 3.78. The molecule has 3 nitrogen and oxygen atoms in total. The molecular formula is C9H14N2OS. The van der Waals surface area contributed by atoms with E-state index in [4.69, 9.17) is 0 Å². The number of amides is 1. The fourth-order valence-electron chi connectivity index (χ4n) is 2.93. The van der Waals surface area contributed by atoms with Crippen LogP contribution in [0.25, 0.3) is 0 Å². The van der Waals surface area contributed by atoms with Gasteiger partial charge in [-0.05, 0) is 25.2 Å². The third-order valence-corrected chi connectivity index (χ3v) is 4.12. The van der Waals surface area contributed by atoms with Crippen LogP contribution in [-0.4, -0.2) is 40.3 Å². The first-order chi connectivity index (χ1) is 6.20. The van der Waals surface area contributed by atoms with Crippen molar-refractivity contribution in [3.63, 3.8) is 0 Å². The fraction of sp³-hybridized carbons (Fsp3) is 0.889. The van der Waals surface area contributed by atoms with Crippen LogP contribution in [0.1, 0.15) is 19.3 Å². The highest BCUT2D eigenvalue weighted by molar-refractivity contribution is 7.77. The van der Waals surface area contributed by atoms with Crippen molar-refractivity contribution in [1.29, 1.82) is 0 Å². The lowest BCUT2D eigenvalue weighted by molar-refractivity contribution is -0.176.